The minimum Gasteiger partial charge on any atom is -0.361 e. The lowest BCUT2D eigenvalue weighted by molar-refractivity contribution is 0.0312. The molecule has 0 atom stereocenters. The molecule has 1 aromatic rings. The van der Waals surface area contributed by atoms with Gasteiger partial charge in [-0.25, -0.2) is 0 Å². The van der Waals surface area contributed by atoms with Gasteiger partial charge in [0.05, 0.1) is 13.3 Å². The molecule has 0 aliphatic carbocycles. The Labute approximate surface area is 106 Å². The van der Waals surface area contributed by atoms with Crippen molar-refractivity contribution in [1.29, 1.82) is 0 Å². The van der Waals surface area contributed by atoms with Crippen LogP contribution in [0.3, 0.4) is 0 Å². The van der Waals surface area contributed by atoms with E-state index in [1.54, 1.807) is 0 Å². The lowest BCUT2D eigenvalue weighted by Gasteiger charge is -2.14. The van der Waals surface area contributed by atoms with Gasteiger partial charge in [-0.05, 0) is 25.3 Å². The Morgan fingerprint density at radius 1 is 1.06 bits per heavy atom. The van der Waals surface area contributed by atoms with E-state index in [4.69, 9.17) is 4.74 Å². The Morgan fingerprint density at radius 3 is 2.24 bits per heavy atom. The first-order chi connectivity index (χ1) is 8.34. The molecule has 1 aliphatic heterocycles. The van der Waals surface area contributed by atoms with Crippen molar-refractivity contribution in [3.63, 3.8) is 0 Å². The van der Waals surface area contributed by atoms with Crippen molar-refractivity contribution in [3.05, 3.63) is 35.4 Å². The second-order valence-electron chi connectivity index (χ2n) is 4.29. The topological polar surface area (TPSA) is 12.5 Å². The summed E-state index contributed by atoms with van der Waals surface area (Å²) < 4.78 is 5.67. The van der Waals surface area contributed by atoms with Gasteiger partial charge in [-0.1, -0.05) is 43.7 Å². The summed E-state index contributed by atoms with van der Waals surface area (Å²) in [4.78, 5) is 2.37. The third-order valence-corrected chi connectivity index (χ3v) is 2.86. The molecule has 1 aromatic carbocycles. The number of benzene rings is 1. The fraction of sp³-hybridized carbons (Fsp3) is 0.600. The maximum Gasteiger partial charge on any atom is 0.0994 e. The van der Waals surface area contributed by atoms with Crippen LogP contribution >= 0.6 is 0 Å². The molecule has 0 amide bonds. The molecular weight excluding hydrogens is 210 g/mol. The molecule has 1 heterocycles. The van der Waals surface area contributed by atoms with Crippen LogP contribution in [0.1, 0.15) is 37.8 Å². The first-order valence-corrected chi connectivity index (χ1v) is 6.70. The molecule has 2 heteroatoms. The molecule has 96 valence electrons. The van der Waals surface area contributed by atoms with Crippen LogP contribution in [0, 0.1) is 6.92 Å². The van der Waals surface area contributed by atoms with Gasteiger partial charge in [0.25, 0.3) is 0 Å². The SMILES string of the molecule is CC.Cc1ccc(COCN2CCCC2)cc1. The van der Waals surface area contributed by atoms with Crippen molar-refractivity contribution in [3.8, 4) is 0 Å². The molecule has 0 saturated carbocycles. The van der Waals surface area contributed by atoms with Crippen LogP contribution in [-0.2, 0) is 11.3 Å². The molecule has 1 aliphatic rings. The number of hydrogen-bond acceptors (Lipinski definition) is 2. The molecule has 0 N–H and O–H groups in total. The highest BCUT2D eigenvalue weighted by Crippen LogP contribution is 2.08. The van der Waals surface area contributed by atoms with Crippen LogP contribution in [-0.4, -0.2) is 24.7 Å². The molecule has 0 aromatic heterocycles. The molecule has 2 rings (SSSR count). The average Bonchev–Trinajstić information content (AvgIpc) is 2.87. The third-order valence-electron chi connectivity index (χ3n) is 2.86. The summed E-state index contributed by atoms with van der Waals surface area (Å²) in [5, 5.41) is 0. The zero-order valence-corrected chi connectivity index (χ0v) is 11.4. The standard InChI is InChI=1S/C13H19NO.C2H6/c1-12-4-6-13(7-5-12)10-15-11-14-8-2-3-9-14;1-2/h4-7H,2-3,8-11H2,1H3;1-2H3. The minimum absolute atomic E-state index is 0.733. The Morgan fingerprint density at radius 2 is 1.65 bits per heavy atom. The Hall–Kier alpha value is -0.860. The molecule has 1 fully saturated rings. The molecule has 17 heavy (non-hydrogen) atoms. The van der Waals surface area contributed by atoms with Gasteiger partial charge < -0.3 is 4.74 Å². The number of nitrogens with zero attached hydrogens (tertiary/aromatic N) is 1. The van der Waals surface area contributed by atoms with Gasteiger partial charge in [0.15, 0.2) is 0 Å². The van der Waals surface area contributed by atoms with Crippen LogP contribution in [0.5, 0.6) is 0 Å². The summed E-state index contributed by atoms with van der Waals surface area (Å²) in [6, 6.07) is 8.54. The van der Waals surface area contributed by atoms with Crippen molar-refractivity contribution in [2.45, 2.75) is 40.2 Å². The largest absolute Gasteiger partial charge is 0.361 e. The van der Waals surface area contributed by atoms with E-state index in [0.717, 1.165) is 13.3 Å². The average molecular weight is 235 g/mol. The highest BCUT2D eigenvalue weighted by Gasteiger charge is 2.10. The van der Waals surface area contributed by atoms with Gasteiger partial charge in [0, 0.05) is 13.1 Å². The molecule has 2 nitrogen and oxygen atoms in total. The quantitative estimate of drug-likeness (QED) is 0.790. The van der Waals surface area contributed by atoms with Gasteiger partial charge in [0.2, 0.25) is 0 Å². The van der Waals surface area contributed by atoms with E-state index in [2.05, 4.69) is 36.1 Å². The lowest BCUT2D eigenvalue weighted by Crippen LogP contribution is -2.22. The zero-order chi connectivity index (χ0) is 12.5. The fourth-order valence-electron chi connectivity index (χ4n) is 1.89. The number of aryl methyl sites for hydroxylation is 1. The second kappa shape index (κ2) is 8.26. The van der Waals surface area contributed by atoms with E-state index in [1.165, 1.54) is 37.1 Å². The summed E-state index contributed by atoms with van der Waals surface area (Å²) in [6.45, 7) is 10.0. The fourth-order valence-corrected chi connectivity index (χ4v) is 1.89. The Bertz CT molecular complexity index is 288. The normalized spacial score (nSPS) is 15.5. The number of hydrogen-bond donors (Lipinski definition) is 0. The predicted molar refractivity (Wildman–Crippen MR) is 73.0 cm³/mol. The summed E-state index contributed by atoms with van der Waals surface area (Å²) in [7, 11) is 0. The minimum atomic E-state index is 0.733. The van der Waals surface area contributed by atoms with Gasteiger partial charge >= 0.3 is 0 Å². The van der Waals surface area contributed by atoms with Crippen molar-refractivity contribution >= 4 is 0 Å². The second-order valence-corrected chi connectivity index (χ2v) is 4.29. The molecule has 0 radical (unpaired) electrons. The summed E-state index contributed by atoms with van der Waals surface area (Å²) >= 11 is 0. The van der Waals surface area contributed by atoms with Crippen LogP contribution in [0.2, 0.25) is 0 Å². The van der Waals surface area contributed by atoms with E-state index in [-0.39, 0.29) is 0 Å². The van der Waals surface area contributed by atoms with Crippen molar-refractivity contribution in [2.24, 2.45) is 0 Å². The van der Waals surface area contributed by atoms with Crippen LogP contribution in [0.25, 0.3) is 0 Å². The van der Waals surface area contributed by atoms with Crippen LogP contribution < -0.4 is 0 Å². The summed E-state index contributed by atoms with van der Waals surface area (Å²) in [5.74, 6) is 0. The van der Waals surface area contributed by atoms with Crippen molar-refractivity contribution < 1.29 is 4.74 Å². The zero-order valence-electron chi connectivity index (χ0n) is 11.4. The van der Waals surface area contributed by atoms with E-state index in [9.17, 15) is 0 Å². The highest BCUT2D eigenvalue weighted by atomic mass is 16.5. The molecule has 0 bridgehead atoms. The molecular formula is C15H25NO. The van der Waals surface area contributed by atoms with Crippen LogP contribution in [0.4, 0.5) is 0 Å². The van der Waals surface area contributed by atoms with Crippen LogP contribution in [0.15, 0.2) is 24.3 Å². The highest BCUT2D eigenvalue weighted by molar-refractivity contribution is 5.20. The third kappa shape index (κ3) is 5.33. The number of ether oxygens (including phenoxy) is 1. The maximum absolute atomic E-state index is 5.67. The molecule has 0 spiro atoms. The van der Waals surface area contributed by atoms with Gasteiger partial charge in [-0.3, -0.25) is 4.90 Å². The lowest BCUT2D eigenvalue weighted by atomic mass is 10.2. The maximum atomic E-state index is 5.67. The Kier molecular flexibility index (Phi) is 6.90. The molecule has 1 saturated heterocycles. The Balaban J connectivity index is 0.000000686. The van der Waals surface area contributed by atoms with Gasteiger partial charge in [-0.2, -0.15) is 0 Å². The van der Waals surface area contributed by atoms with Gasteiger partial charge in [0.1, 0.15) is 0 Å². The van der Waals surface area contributed by atoms with E-state index < -0.39 is 0 Å². The number of rotatable bonds is 4. The van der Waals surface area contributed by atoms with Gasteiger partial charge in [-0.15, -0.1) is 0 Å². The predicted octanol–water partition coefficient (Wildman–Crippen LogP) is 3.59. The number of likely N-dealkylation sites (tertiary alicyclic amines) is 1. The molecule has 0 unspecified atom stereocenters. The van der Waals surface area contributed by atoms with Crippen molar-refractivity contribution in [1.82, 2.24) is 4.90 Å². The first-order valence-electron chi connectivity index (χ1n) is 6.70. The van der Waals surface area contributed by atoms with Crippen molar-refractivity contribution in [2.75, 3.05) is 19.8 Å². The van der Waals surface area contributed by atoms with E-state index in [0.29, 0.717) is 0 Å². The summed E-state index contributed by atoms with van der Waals surface area (Å²) in [6.07, 6.45) is 2.65. The van der Waals surface area contributed by atoms with E-state index in [1.807, 2.05) is 13.8 Å². The summed E-state index contributed by atoms with van der Waals surface area (Å²) in [5.41, 5.74) is 2.57. The van der Waals surface area contributed by atoms with E-state index >= 15 is 0 Å². The monoisotopic (exact) mass is 235 g/mol. The first kappa shape index (κ1) is 14.2. The smallest absolute Gasteiger partial charge is 0.0994 e.